The Labute approximate surface area is 124 Å². The van der Waals surface area contributed by atoms with Gasteiger partial charge >= 0.3 is 0 Å². The van der Waals surface area contributed by atoms with E-state index in [4.69, 9.17) is 0 Å². The molecule has 0 saturated heterocycles. The predicted molar refractivity (Wildman–Crippen MR) is 84.9 cm³/mol. The van der Waals surface area contributed by atoms with Gasteiger partial charge in [-0.15, -0.1) is 0 Å². The molecule has 0 amide bonds. The van der Waals surface area contributed by atoms with Gasteiger partial charge in [0.05, 0.1) is 6.61 Å². The van der Waals surface area contributed by atoms with Crippen LogP contribution in [0.1, 0.15) is 18.1 Å². The molecule has 0 bridgehead atoms. The highest BCUT2D eigenvalue weighted by Gasteiger charge is 2.10. The number of allylic oxidation sites excluding steroid dienone is 3. The summed E-state index contributed by atoms with van der Waals surface area (Å²) in [4.78, 5) is 0. The molecule has 0 unspecified atom stereocenters. The first-order valence-electron chi connectivity index (χ1n) is 6.72. The van der Waals surface area contributed by atoms with E-state index in [1.807, 2.05) is 25.1 Å². The van der Waals surface area contributed by atoms with E-state index in [0.717, 1.165) is 22.3 Å². The minimum Gasteiger partial charge on any atom is -0.508 e. The molecule has 0 spiro atoms. The molecule has 0 saturated carbocycles. The molecule has 0 fully saturated rings. The molecule has 2 aromatic carbocycles. The fourth-order valence-corrected chi connectivity index (χ4v) is 2.23. The van der Waals surface area contributed by atoms with E-state index in [0.29, 0.717) is 0 Å². The Hall–Kier alpha value is -2.52. The molecule has 0 aromatic heterocycles. The van der Waals surface area contributed by atoms with Gasteiger partial charge in [-0.2, -0.15) is 0 Å². The maximum atomic E-state index is 9.40. The van der Waals surface area contributed by atoms with E-state index in [1.165, 1.54) is 0 Å². The van der Waals surface area contributed by atoms with Crippen LogP contribution in [0.15, 0.2) is 60.7 Å². The zero-order valence-electron chi connectivity index (χ0n) is 11.8. The summed E-state index contributed by atoms with van der Waals surface area (Å²) in [5, 5.41) is 28.1. The first-order chi connectivity index (χ1) is 10.2. The van der Waals surface area contributed by atoms with Crippen molar-refractivity contribution in [3.63, 3.8) is 0 Å². The maximum Gasteiger partial charge on any atom is 0.115 e. The van der Waals surface area contributed by atoms with Crippen LogP contribution in [0, 0.1) is 0 Å². The molecular formula is C18H18O3. The molecular weight excluding hydrogens is 264 g/mol. The Bertz CT molecular complexity index is 650. The van der Waals surface area contributed by atoms with Crippen LogP contribution in [0.25, 0.3) is 11.1 Å². The van der Waals surface area contributed by atoms with Gasteiger partial charge in [0, 0.05) is 0 Å². The molecule has 0 aliphatic heterocycles. The number of aliphatic hydroxyl groups excluding tert-OH is 1. The van der Waals surface area contributed by atoms with Crippen molar-refractivity contribution in [2.45, 2.75) is 6.92 Å². The number of aromatic hydroxyl groups is 2. The number of aliphatic hydroxyl groups is 1. The van der Waals surface area contributed by atoms with Crippen LogP contribution in [-0.4, -0.2) is 21.9 Å². The summed E-state index contributed by atoms with van der Waals surface area (Å²) in [6.07, 6.45) is 3.69. The smallest absolute Gasteiger partial charge is 0.115 e. The van der Waals surface area contributed by atoms with E-state index >= 15 is 0 Å². The second-order valence-corrected chi connectivity index (χ2v) is 4.60. The highest BCUT2D eigenvalue weighted by Crippen LogP contribution is 2.32. The SMILES string of the molecule is C/C=C(/C(=C/CO)c1ccc(O)cc1)c1ccc(O)cc1. The highest BCUT2D eigenvalue weighted by molar-refractivity contribution is 6.04. The molecule has 0 heterocycles. The first kappa shape index (κ1) is 14.9. The number of rotatable bonds is 4. The number of phenols is 2. The molecule has 3 heteroatoms. The van der Waals surface area contributed by atoms with Crippen LogP contribution < -0.4 is 0 Å². The van der Waals surface area contributed by atoms with Gasteiger partial charge in [0.15, 0.2) is 0 Å². The number of phenolic OH excluding ortho intramolecular Hbond substituents is 2. The van der Waals surface area contributed by atoms with Crippen molar-refractivity contribution in [2.24, 2.45) is 0 Å². The van der Waals surface area contributed by atoms with E-state index in [1.54, 1.807) is 42.5 Å². The third-order valence-corrected chi connectivity index (χ3v) is 3.23. The van der Waals surface area contributed by atoms with Gasteiger partial charge in [-0.3, -0.25) is 0 Å². The third kappa shape index (κ3) is 3.52. The monoisotopic (exact) mass is 282 g/mol. The summed E-state index contributed by atoms with van der Waals surface area (Å²) in [5.41, 5.74) is 3.69. The molecule has 2 aromatic rings. The van der Waals surface area contributed by atoms with Crippen LogP contribution in [0.4, 0.5) is 0 Å². The Balaban J connectivity index is 2.47. The van der Waals surface area contributed by atoms with Crippen molar-refractivity contribution in [1.29, 1.82) is 0 Å². The Kier molecular flexibility index (Phi) is 4.80. The second-order valence-electron chi connectivity index (χ2n) is 4.60. The van der Waals surface area contributed by atoms with E-state index in [-0.39, 0.29) is 18.1 Å². The summed E-state index contributed by atoms with van der Waals surface area (Å²) in [6.45, 7) is 1.85. The number of hydrogen-bond donors (Lipinski definition) is 3. The standard InChI is InChI=1S/C18H18O3/c1-2-17(13-3-7-15(20)8-4-13)18(11-12-19)14-5-9-16(21)10-6-14/h2-11,19-21H,12H2,1H3/b17-2+,18-11+. The van der Waals surface area contributed by atoms with Crippen LogP contribution in [0.5, 0.6) is 11.5 Å². The summed E-state index contributed by atoms with van der Waals surface area (Å²) in [6, 6.07) is 13.8. The van der Waals surface area contributed by atoms with E-state index < -0.39 is 0 Å². The van der Waals surface area contributed by atoms with E-state index in [2.05, 4.69) is 0 Å². The summed E-state index contributed by atoms with van der Waals surface area (Å²) in [7, 11) is 0. The Morgan fingerprint density at radius 2 is 1.24 bits per heavy atom. The van der Waals surface area contributed by atoms with Gasteiger partial charge < -0.3 is 15.3 Å². The lowest BCUT2D eigenvalue weighted by Crippen LogP contribution is -1.92. The topological polar surface area (TPSA) is 60.7 Å². The molecule has 0 atom stereocenters. The molecule has 0 aliphatic rings. The minimum absolute atomic E-state index is 0.0777. The van der Waals surface area contributed by atoms with Gasteiger partial charge in [0.1, 0.15) is 11.5 Å². The van der Waals surface area contributed by atoms with Crippen molar-refractivity contribution in [2.75, 3.05) is 6.61 Å². The zero-order valence-corrected chi connectivity index (χ0v) is 11.8. The van der Waals surface area contributed by atoms with E-state index in [9.17, 15) is 15.3 Å². The summed E-state index contributed by atoms with van der Waals surface area (Å²) >= 11 is 0. The van der Waals surface area contributed by atoms with Crippen LogP contribution in [-0.2, 0) is 0 Å². The fraction of sp³-hybridized carbons (Fsp3) is 0.111. The first-order valence-corrected chi connectivity index (χ1v) is 6.72. The lowest BCUT2D eigenvalue weighted by atomic mass is 9.92. The third-order valence-electron chi connectivity index (χ3n) is 3.23. The van der Waals surface area contributed by atoms with Gasteiger partial charge in [-0.25, -0.2) is 0 Å². The van der Waals surface area contributed by atoms with Crippen LogP contribution in [0.3, 0.4) is 0 Å². The van der Waals surface area contributed by atoms with Crippen molar-refractivity contribution in [1.82, 2.24) is 0 Å². The molecule has 3 N–H and O–H groups in total. The van der Waals surface area contributed by atoms with Crippen LogP contribution in [0.2, 0.25) is 0 Å². The summed E-state index contributed by atoms with van der Waals surface area (Å²) in [5.74, 6) is 0.417. The van der Waals surface area contributed by atoms with Gasteiger partial charge in [0.25, 0.3) is 0 Å². The van der Waals surface area contributed by atoms with Crippen molar-refractivity contribution < 1.29 is 15.3 Å². The molecule has 0 radical (unpaired) electrons. The molecule has 2 rings (SSSR count). The highest BCUT2D eigenvalue weighted by atomic mass is 16.3. The largest absolute Gasteiger partial charge is 0.508 e. The quantitative estimate of drug-likeness (QED) is 0.751. The Morgan fingerprint density at radius 1 is 0.810 bits per heavy atom. The van der Waals surface area contributed by atoms with Gasteiger partial charge in [0.2, 0.25) is 0 Å². The molecule has 3 nitrogen and oxygen atoms in total. The normalized spacial score (nSPS) is 12.5. The number of hydrogen-bond acceptors (Lipinski definition) is 3. The average molecular weight is 282 g/mol. The Morgan fingerprint density at radius 3 is 1.62 bits per heavy atom. The average Bonchev–Trinajstić information content (AvgIpc) is 2.50. The molecule has 108 valence electrons. The van der Waals surface area contributed by atoms with Crippen molar-refractivity contribution >= 4 is 11.1 Å². The minimum atomic E-state index is -0.0777. The van der Waals surface area contributed by atoms with Crippen LogP contribution >= 0.6 is 0 Å². The second kappa shape index (κ2) is 6.77. The summed E-state index contributed by atoms with van der Waals surface area (Å²) < 4.78 is 0. The molecule has 21 heavy (non-hydrogen) atoms. The zero-order chi connectivity index (χ0) is 15.2. The van der Waals surface area contributed by atoms with Crippen molar-refractivity contribution in [3.05, 3.63) is 71.8 Å². The predicted octanol–water partition coefficient (Wildman–Crippen LogP) is 3.58. The molecule has 0 aliphatic carbocycles. The lowest BCUT2D eigenvalue weighted by Gasteiger charge is -2.13. The van der Waals surface area contributed by atoms with Crippen molar-refractivity contribution in [3.8, 4) is 11.5 Å². The lowest BCUT2D eigenvalue weighted by molar-refractivity contribution is 0.343. The van der Waals surface area contributed by atoms with Gasteiger partial charge in [-0.05, 0) is 53.5 Å². The van der Waals surface area contributed by atoms with Gasteiger partial charge in [-0.1, -0.05) is 36.4 Å². The maximum absolute atomic E-state index is 9.40. The number of benzene rings is 2. The fourth-order valence-electron chi connectivity index (χ4n) is 2.23.